The van der Waals surface area contributed by atoms with Crippen LogP contribution in [0.3, 0.4) is 0 Å². The van der Waals surface area contributed by atoms with E-state index in [9.17, 15) is 9.18 Å². The highest BCUT2D eigenvalue weighted by Gasteiger charge is 2.15. The summed E-state index contributed by atoms with van der Waals surface area (Å²) in [5, 5.41) is 0.574. The van der Waals surface area contributed by atoms with Gasteiger partial charge in [-0.2, -0.15) is 0 Å². The molecule has 98 valence electrons. The molecule has 0 bridgehead atoms. The number of hydrogen-bond donors (Lipinski definition) is 0. The minimum absolute atomic E-state index is 0.0552. The fraction of sp³-hybridized carbons (Fsp3) is 0.133. The fourth-order valence-electron chi connectivity index (χ4n) is 1.73. The average molecular weight is 279 g/mol. The highest BCUT2D eigenvalue weighted by atomic mass is 35.5. The number of carbonyl (C=O) groups excluding carboxylic acids is 1. The zero-order valence-electron chi connectivity index (χ0n) is 10.5. The van der Waals surface area contributed by atoms with E-state index in [2.05, 4.69) is 0 Å². The van der Waals surface area contributed by atoms with Crippen LogP contribution in [0.4, 0.5) is 4.39 Å². The highest BCUT2D eigenvalue weighted by molar-refractivity contribution is 6.30. The van der Waals surface area contributed by atoms with Crippen molar-refractivity contribution in [2.45, 2.75) is 13.8 Å². The number of para-hydroxylation sites is 1. The summed E-state index contributed by atoms with van der Waals surface area (Å²) in [5.74, 6) is -0.402. The Kier molecular flexibility index (Phi) is 3.86. The molecule has 4 heteroatoms. The van der Waals surface area contributed by atoms with E-state index in [4.69, 9.17) is 16.3 Å². The van der Waals surface area contributed by atoms with Crippen LogP contribution in [0.1, 0.15) is 22.8 Å². The summed E-state index contributed by atoms with van der Waals surface area (Å²) in [6.45, 7) is 3.17. The van der Waals surface area contributed by atoms with Crippen LogP contribution in [-0.4, -0.2) is 5.78 Å². The molecule has 0 aliphatic rings. The molecule has 0 aromatic heterocycles. The van der Waals surface area contributed by atoms with E-state index in [1.165, 1.54) is 25.1 Å². The number of carbonyl (C=O) groups is 1. The van der Waals surface area contributed by atoms with Crippen molar-refractivity contribution in [3.63, 3.8) is 0 Å². The van der Waals surface area contributed by atoms with Crippen molar-refractivity contribution >= 4 is 17.4 Å². The van der Waals surface area contributed by atoms with Crippen LogP contribution in [0.25, 0.3) is 0 Å². The number of benzene rings is 2. The summed E-state index contributed by atoms with van der Waals surface area (Å²) >= 11 is 5.85. The molecule has 2 aromatic rings. The van der Waals surface area contributed by atoms with Crippen LogP contribution < -0.4 is 4.74 Å². The van der Waals surface area contributed by atoms with Gasteiger partial charge in [0, 0.05) is 5.02 Å². The van der Waals surface area contributed by atoms with Gasteiger partial charge in [0.05, 0.1) is 5.56 Å². The Bertz CT molecular complexity index is 638. The molecule has 0 heterocycles. The van der Waals surface area contributed by atoms with Crippen LogP contribution in [0.15, 0.2) is 36.4 Å². The Labute approximate surface area is 115 Å². The molecule has 0 N–H and O–H groups in total. The zero-order valence-corrected chi connectivity index (χ0v) is 11.3. The maximum absolute atomic E-state index is 13.8. The van der Waals surface area contributed by atoms with Gasteiger partial charge in [0.25, 0.3) is 0 Å². The van der Waals surface area contributed by atoms with Gasteiger partial charge in [-0.1, -0.05) is 17.7 Å². The largest absolute Gasteiger partial charge is 0.453 e. The first-order valence-electron chi connectivity index (χ1n) is 5.72. The molecular weight excluding hydrogens is 267 g/mol. The molecule has 0 spiro atoms. The van der Waals surface area contributed by atoms with Crippen molar-refractivity contribution in [1.29, 1.82) is 0 Å². The third-order valence-corrected chi connectivity index (χ3v) is 2.93. The number of hydrogen-bond acceptors (Lipinski definition) is 2. The minimum atomic E-state index is -0.568. The Morgan fingerprint density at radius 1 is 1.26 bits per heavy atom. The second kappa shape index (κ2) is 5.41. The van der Waals surface area contributed by atoms with E-state index in [0.29, 0.717) is 10.8 Å². The summed E-state index contributed by atoms with van der Waals surface area (Å²) in [6.07, 6.45) is 0. The van der Waals surface area contributed by atoms with Crippen LogP contribution in [-0.2, 0) is 0 Å². The van der Waals surface area contributed by atoms with E-state index in [0.717, 1.165) is 5.56 Å². The molecule has 0 aliphatic heterocycles. The fourth-order valence-corrected chi connectivity index (χ4v) is 1.95. The minimum Gasteiger partial charge on any atom is -0.453 e. The Hall–Kier alpha value is -1.87. The molecular formula is C15H12ClFO2. The molecule has 0 fully saturated rings. The summed E-state index contributed by atoms with van der Waals surface area (Å²) in [4.78, 5) is 11.5. The molecule has 0 radical (unpaired) electrons. The zero-order chi connectivity index (χ0) is 14.0. The van der Waals surface area contributed by atoms with Gasteiger partial charge >= 0.3 is 0 Å². The van der Waals surface area contributed by atoms with E-state index in [-0.39, 0.29) is 17.1 Å². The van der Waals surface area contributed by atoms with Gasteiger partial charge in [0.2, 0.25) is 0 Å². The Morgan fingerprint density at radius 3 is 2.63 bits per heavy atom. The molecule has 2 nitrogen and oxygen atoms in total. The van der Waals surface area contributed by atoms with Gasteiger partial charge in [-0.25, -0.2) is 4.39 Å². The summed E-state index contributed by atoms with van der Waals surface area (Å²) in [6, 6.07) is 9.28. The lowest BCUT2D eigenvalue weighted by Gasteiger charge is -2.12. The average Bonchev–Trinajstić information content (AvgIpc) is 2.34. The maximum atomic E-state index is 13.8. The summed E-state index contributed by atoms with van der Waals surface area (Å²) in [7, 11) is 0. The second-order valence-electron chi connectivity index (χ2n) is 4.18. The van der Waals surface area contributed by atoms with Crippen molar-refractivity contribution in [2.75, 3.05) is 0 Å². The monoisotopic (exact) mass is 278 g/mol. The van der Waals surface area contributed by atoms with E-state index >= 15 is 0 Å². The van der Waals surface area contributed by atoms with E-state index in [1.807, 2.05) is 0 Å². The van der Waals surface area contributed by atoms with Crippen molar-refractivity contribution in [2.24, 2.45) is 0 Å². The summed E-state index contributed by atoms with van der Waals surface area (Å²) in [5.41, 5.74) is 0.986. The standard InChI is InChI=1S/C15H12ClFO2/c1-9-8-11(16)6-7-14(9)19-15-12(10(2)18)4-3-5-13(15)17/h3-8H,1-2H3. The molecule has 19 heavy (non-hydrogen) atoms. The first kappa shape index (κ1) is 13.6. The maximum Gasteiger partial charge on any atom is 0.173 e. The van der Waals surface area contributed by atoms with Crippen LogP contribution in [0.2, 0.25) is 5.02 Å². The highest BCUT2D eigenvalue weighted by Crippen LogP contribution is 2.31. The first-order chi connectivity index (χ1) is 8.99. The molecule has 0 aliphatic carbocycles. The van der Waals surface area contributed by atoms with Gasteiger partial charge < -0.3 is 4.74 Å². The SMILES string of the molecule is CC(=O)c1cccc(F)c1Oc1ccc(Cl)cc1C. The number of aryl methyl sites for hydroxylation is 1. The summed E-state index contributed by atoms with van der Waals surface area (Å²) < 4.78 is 19.3. The van der Waals surface area contributed by atoms with Crippen LogP contribution in [0, 0.1) is 12.7 Å². The van der Waals surface area contributed by atoms with Crippen molar-refractivity contribution < 1.29 is 13.9 Å². The molecule has 0 saturated heterocycles. The number of ketones is 1. The molecule has 0 unspecified atom stereocenters. The van der Waals surface area contributed by atoms with Gasteiger partial charge in [0.1, 0.15) is 5.75 Å². The molecule has 0 saturated carbocycles. The number of ether oxygens (including phenoxy) is 1. The van der Waals surface area contributed by atoms with Crippen molar-refractivity contribution in [1.82, 2.24) is 0 Å². The molecule has 0 atom stereocenters. The predicted molar refractivity (Wildman–Crippen MR) is 72.7 cm³/mol. The smallest absolute Gasteiger partial charge is 0.173 e. The quantitative estimate of drug-likeness (QED) is 0.755. The molecule has 2 rings (SSSR count). The van der Waals surface area contributed by atoms with Gasteiger partial charge in [-0.15, -0.1) is 0 Å². The Balaban J connectivity index is 2.46. The van der Waals surface area contributed by atoms with Crippen LogP contribution >= 0.6 is 11.6 Å². The van der Waals surface area contributed by atoms with Crippen LogP contribution in [0.5, 0.6) is 11.5 Å². The normalized spacial score (nSPS) is 10.3. The lowest BCUT2D eigenvalue weighted by Crippen LogP contribution is -2.00. The third-order valence-electron chi connectivity index (χ3n) is 2.70. The number of rotatable bonds is 3. The predicted octanol–water partition coefficient (Wildman–Crippen LogP) is 4.78. The Morgan fingerprint density at radius 2 is 2.00 bits per heavy atom. The van der Waals surface area contributed by atoms with Gasteiger partial charge in [0.15, 0.2) is 17.3 Å². The molecule has 2 aromatic carbocycles. The third kappa shape index (κ3) is 2.93. The number of halogens is 2. The van der Waals surface area contributed by atoms with Crippen molar-refractivity contribution in [3.05, 3.63) is 58.4 Å². The van der Waals surface area contributed by atoms with E-state index < -0.39 is 5.82 Å². The van der Waals surface area contributed by atoms with Gasteiger partial charge in [-0.05, 0) is 49.7 Å². The van der Waals surface area contributed by atoms with Crippen molar-refractivity contribution in [3.8, 4) is 11.5 Å². The topological polar surface area (TPSA) is 26.3 Å². The second-order valence-corrected chi connectivity index (χ2v) is 4.62. The van der Waals surface area contributed by atoms with E-state index in [1.54, 1.807) is 25.1 Å². The lowest BCUT2D eigenvalue weighted by atomic mass is 10.1. The number of Topliss-reactive ketones (excluding diaryl/α,β-unsaturated/α-hetero) is 1. The first-order valence-corrected chi connectivity index (χ1v) is 6.10. The van der Waals surface area contributed by atoms with Gasteiger partial charge in [-0.3, -0.25) is 4.79 Å². The molecule has 0 amide bonds. The lowest BCUT2D eigenvalue weighted by molar-refractivity contribution is 0.101.